The molecule has 0 aliphatic carbocycles. The van der Waals surface area contributed by atoms with E-state index in [4.69, 9.17) is 0 Å². The van der Waals surface area contributed by atoms with Gasteiger partial charge in [0.2, 0.25) is 5.91 Å². The molecule has 0 saturated carbocycles. The fourth-order valence-corrected chi connectivity index (χ4v) is 3.30. The van der Waals surface area contributed by atoms with Crippen LogP contribution in [-0.2, 0) is 17.4 Å². The van der Waals surface area contributed by atoms with Gasteiger partial charge in [-0.05, 0) is 24.6 Å². The van der Waals surface area contributed by atoms with E-state index in [1.807, 2.05) is 0 Å². The molecule has 4 rings (SSSR count). The molecule has 10 heteroatoms. The molecule has 0 saturated heterocycles. The molecule has 158 valence electrons. The number of nitrogens with zero attached hydrogens (tertiary/aromatic N) is 3. The maximum Gasteiger partial charge on any atom is 0.433 e. The summed E-state index contributed by atoms with van der Waals surface area (Å²) in [5.74, 6) is -0.501. The number of carbonyl (C=O) groups is 1. The number of hydrogen-bond donors (Lipinski definition) is 2. The third-order valence-electron chi connectivity index (χ3n) is 4.73. The predicted molar refractivity (Wildman–Crippen MR) is 108 cm³/mol. The molecule has 3 heterocycles. The van der Waals surface area contributed by atoms with Crippen LogP contribution in [0.15, 0.2) is 59.7 Å². The van der Waals surface area contributed by atoms with Gasteiger partial charge < -0.3 is 5.32 Å². The average molecular weight is 427 g/mol. The minimum atomic E-state index is -4.74. The Morgan fingerprint density at radius 1 is 1.13 bits per heavy atom. The minimum absolute atomic E-state index is 0.00126. The van der Waals surface area contributed by atoms with E-state index in [9.17, 15) is 22.8 Å². The van der Waals surface area contributed by atoms with Crippen molar-refractivity contribution in [2.45, 2.75) is 19.5 Å². The summed E-state index contributed by atoms with van der Waals surface area (Å²) in [6.45, 7) is 1.49. The van der Waals surface area contributed by atoms with Crippen LogP contribution in [-0.4, -0.2) is 25.5 Å². The number of anilines is 1. The number of hydrogen-bond acceptors (Lipinski definition) is 4. The van der Waals surface area contributed by atoms with Crippen LogP contribution < -0.4 is 10.9 Å². The van der Waals surface area contributed by atoms with Gasteiger partial charge in [0.05, 0.1) is 12.0 Å². The molecule has 0 fully saturated rings. The molecule has 7 nitrogen and oxygen atoms in total. The minimum Gasteiger partial charge on any atom is -0.326 e. The monoisotopic (exact) mass is 427 g/mol. The highest BCUT2D eigenvalue weighted by atomic mass is 19.4. The van der Waals surface area contributed by atoms with E-state index in [0.29, 0.717) is 5.69 Å². The van der Waals surface area contributed by atoms with Gasteiger partial charge in [0.25, 0.3) is 5.56 Å². The van der Waals surface area contributed by atoms with Crippen molar-refractivity contribution in [2.75, 3.05) is 5.32 Å². The van der Waals surface area contributed by atoms with Crippen LogP contribution in [0.2, 0.25) is 0 Å². The Bertz CT molecular complexity index is 1310. The first-order valence-corrected chi connectivity index (χ1v) is 9.22. The molecule has 31 heavy (non-hydrogen) atoms. The zero-order valence-electron chi connectivity index (χ0n) is 16.2. The summed E-state index contributed by atoms with van der Waals surface area (Å²) in [5.41, 5.74) is -1.29. The summed E-state index contributed by atoms with van der Waals surface area (Å²) < 4.78 is 41.9. The summed E-state index contributed by atoms with van der Waals surface area (Å²) in [5, 5.41) is 4.75. The first-order valence-electron chi connectivity index (χ1n) is 9.22. The zero-order valence-corrected chi connectivity index (χ0v) is 16.2. The molecule has 0 bridgehead atoms. The van der Waals surface area contributed by atoms with Crippen molar-refractivity contribution in [2.24, 2.45) is 0 Å². The average Bonchev–Trinajstić information content (AvgIpc) is 3.12. The number of amides is 1. The van der Waals surface area contributed by atoms with Gasteiger partial charge in [-0.25, -0.2) is 9.50 Å². The number of pyridine rings is 1. The molecular formula is C21H16F3N5O2. The number of fused-ring (bicyclic) bond motifs is 1. The molecule has 0 aliphatic rings. The molecule has 0 unspecified atom stereocenters. The first-order chi connectivity index (χ1) is 14.8. The van der Waals surface area contributed by atoms with Crippen LogP contribution in [0.5, 0.6) is 0 Å². The summed E-state index contributed by atoms with van der Waals surface area (Å²) in [4.78, 5) is 33.5. The van der Waals surface area contributed by atoms with Gasteiger partial charge >= 0.3 is 6.18 Å². The van der Waals surface area contributed by atoms with Crippen LogP contribution in [0, 0.1) is 6.92 Å². The SMILES string of the molecule is Cc1nc2c(-c3ccccc3)c(C(F)(F)F)[nH]n2c(=O)c1CC(=O)Nc1ccncc1. The second-order valence-corrected chi connectivity index (χ2v) is 6.83. The molecule has 0 aliphatic heterocycles. The van der Waals surface area contributed by atoms with E-state index in [1.54, 1.807) is 30.3 Å². The van der Waals surface area contributed by atoms with Gasteiger partial charge in [-0.15, -0.1) is 0 Å². The first kappa shape index (κ1) is 20.3. The number of benzene rings is 1. The van der Waals surface area contributed by atoms with Crippen molar-refractivity contribution in [3.05, 3.63) is 82.2 Å². The molecule has 4 aromatic rings. The Morgan fingerprint density at radius 2 is 1.81 bits per heavy atom. The van der Waals surface area contributed by atoms with Gasteiger partial charge in [0.1, 0.15) is 5.69 Å². The highest BCUT2D eigenvalue weighted by Crippen LogP contribution is 2.38. The topological polar surface area (TPSA) is 92.2 Å². The summed E-state index contributed by atoms with van der Waals surface area (Å²) in [6.07, 6.45) is -2.10. The quantitative estimate of drug-likeness (QED) is 0.521. The standard InChI is InChI=1S/C21H16F3N5O2/c1-12-15(11-16(30)27-14-7-9-25-10-8-14)20(31)29-19(26-12)17(13-5-3-2-4-6-13)18(28-29)21(22,23)24/h2-10,28H,11H2,1H3,(H,25,27,30). The maximum atomic E-state index is 13.7. The van der Waals surface area contributed by atoms with E-state index in [0.717, 1.165) is 4.52 Å². The number of halogens is 3. The molecule has 1 aromatic carbocycles. The van der Waals surface area contributed by atoms with E-state index >= 15 is 0 Å². The van der Waals surface area contributed by atoms with Crippen LogP contribution >= 0.6 is 0 Å². The van der Waals surface area contributed by atoms with Crippen molar-refractivity contribution in [3.8, 4) is 11.1 Å². The van der Waals surface area contributed by atoms with Crippen molar-refractivity contribution in [1.82, 2.24) is 19.6 Å². The van der Waals surface area contributed by atoms with Gasteiger partial charge in [-0.1, -0.05) is 30.3 Å². The zero-order chi connectivity index (χ0) is 22.2. The number of alkyl halides is 3. The third-order valence-corrected chi connectivity index (χ3v) is 4.73. The molecular weight excluding hydrogens is 411 g/mol. The Kier molecular flexibility index (Phi) is 5.05. The highest BCUT2D eigenvalue weighted by Gasteiger charge is 2.38. The highest BCUT2D eigenvalue weighted by molar-refractivity contribution is 5.92. The molecule has 0 radical (unpaired) electrons. The number of aromatic nitrogens is 4. The molecule has 3 aromatic heterocycles. The van der Waals surface area contributed by atoms with Gasteiger partial charge in [-0.2, -0.15) is 13.2 Å². The Hall–Kier alpha value is -3.95. The van der Waals surface area contributed by atoms with Gasteiger partial charge in [0, 0.05) is 29.3 Å². The number of nitrogens with one attached hydrogen (secondary N) is 2. The van der Waals surface area contributed by atoms with E-state index in [-0.39, 0.29) is 34.5 Å². The number of carbonyl (C=O) groups excluding carboxylic acids is 1. The fraction of sp³-hybridized carbons (Fsp3) is 0.143. The largest absolute Gasteiger partial charge is 0.433 e. The molecule has 2 N–H and O–H groups in total. The summed E-state index contributed by atoms with van der Waals surface area (Å²) in [7, 11) is 0. The van der Waals surface area contributed by atoms with Crippen LogP contribution in [0.25, 0.3) is 16.8 Å². The Balaban J connectivity index is 1.82. The van der Waals surface area contributed by atoms with Gasteiger partial charge in [0.15, 0.2) is 5.65 Å². The van der Waals surface area contributed by atoms with Gasteiger partial charge in [-0.3, -0.25) is 19.7 Å². The van der Waals surface area contributed by atoms with E-state index in [1.165, 1.54) is 31.5 Å². The number of aryl methyl sites for hydroxylation is 1. The second kappa shape index (κ2) is 7.71. The maximum absolute atomic E-state index is 13.7. The normalized spacial score (nSPS) is 11.6. The summed E-state index contributed by atoms with van der Waals surface area (Å²) in [6, 6.07) is 11.0. The molecule has 1 amide bonds. The summed E-state index contributed by atoms with van der Waals surface area (Å²) >= 11 is 0. The van der Waals surface area contributed by atoms with Crippen LogP contribution in [0.1, 0.15) is 17.0 Å². The van der Waals surface area contributed by atoms with Crippen molar-refractivity contribution in [3.63, 3.8) is 0 Å². The number of aromatic amines is 1. The number of rotatable bonds is 4. The molecule has 0 atom stereocenters. The second-order valence-electron chi connectivity index (χ2n) is 6.83. The Labute approximate surface area is 173 Å². The lowest BCUT2D eigenvalue weighted by molar-refractivity contribution is -0.140. The fourth-order valence-electron chi connectivity index (χ4n) is 3.30. The Morgan fingerprint density at radius 3 is 2.45 bits per heavy atom. The van der Waals surface area contributed by atoms with E-state index < -0.39 is 23.3 Å². The third kappa shape index (κ3) is 3.91. The van der Waals surface area contributed by atoms with Crippen molar-refractivity contribution < 1.29 is 18.0 Å². The molecule has 0 spiro atoms. The van der Waals surface area contributed by atoms with E-state index in [2.05, 4.69) is 20.4 Å². The predicted octanol–water partition coefficient (Wildman–Crippen LogP) is 3.59. The van der Waals surface area contributed by atoms with Crippen LogP contribution in [0.3, 0.4) is 0 Å². The van der Waals surface area contributed by atoms with Crippen molar-refractivity contribution in [1.29, 1.82) is 0 Å². The lowest BCUT2D eigenvalue weighted by Crippen LogP contribution is -2.26. The smallest absolute Gasteiger partial charge is 0.326 e. The van der Waals surface area contributed by atoms with Crippen LogP contribution in [0.4, 0.5) is 18.9 Å². The lowest BCUT2D eigenvalue weighted by Gasteiger charge is -2.08. The lowest BCUT2D eigenvalue weighted by atomic mass is 10.1. The number of H-pyrrole nitrogens is 1. The van der Waals surface area contributed by atoms with Crippen molar-refractivity contribution >= 4 is 17.2 Å².